The number of likely N-dealkylation sites (tertiary alicyclic amines) is 1. The lowest BCUT2D eigenvalue weighted by molar-refractivity contribution is -0.138. The number of allylic oxidation sites excluding steroid dienone is 2. The van der Waals surface area contributed by atoms with Gasteiger partial charge in [0.05, 0.1) is 24.4 Å². The van der Waals surface area contributed by atoms with Crippen molar-refractivity contribution in [2.75, 3.05) is 12.6 Å². The molecule has 6 atom stereocenters. The molecule has 1 aromatic carbocycles. The average molecular weight is 558 g/mol. The van der Waals surface area contributed by atoms with Crippen molar-refractivity contribution in [2.24, 2.45) is 17.8 Å². The number of phenols is 1. The van der Waals surface area contributed by atoms with Crippen LogP contribution in [0.3, 0.4) is 0 Å². The summed E-state index contributed by atoms with van der Waals surface area (Å²) >= 11 is 17.2. The number of nitrogens with zero attached hydrogens (tertiary/aromatic N) is 1. The molecule has 0 radical (unpaired) electrons. The standard InChI is InChI=1S/C22H19BrCl2N2O6/c1-33-13-4-2-3-11(16(13)28)15-9-5-6-10-14(18(30)26-17(10)29)12(9)7-21(24)19(31)27(8-23)20(32)22(15,21)25/h2-5,10,12,14-15,28H,6-8H2,1H3,(H,26,29,30)/t10-,12+,14-,15+,21+,22-/m0/s1. The molecular weight excluding hydrogens is 539 g/mol. The van der Waals surface area contributed by atoms with Crippen LogP contribution in [-0.2, 0) is 19.2 Å². The number of ether oxygens (including phenoxy) is 1. The fourth-order valence-electron chi connectivity index (χ4n) is 5.95. The Labute approximate surface area is 207 Å². The number of para-hydroxylation sites is 1. The van der Waals surface area contributed by atoms with Crippen molar-refractivity contribution in [3.8, 4) is 11.5 Å². The van der Waals surface area contributed by atoms with E-state index in [1.165, 1.54) is 7.11 Å². The third-order valence-corrected chi connectivity index (χ3v) is 9.33. The Bertz CT molecular complexity index is 1160. The van der Waals surface area contributed by atoms with Gasteiger partial charge in [-0.3, -0.25) is 29.4 Å². The van der Waals surface area contributed by atoms with Gasteiger partial charge in [-0.2, -0.15) is 0 Å². The summed E-state index contributed by atoms with van der Waals surface area (Å²) in [5.41, 5.74) is 0.749. The minimum atomic E-state index is -1.96. The zero-order chi connectivity index (χ0) is 23.9. The molecule has 11 heteroatoms. The molecule has 8 nitrogen and oxygen atoms in total. The van der Waals surface area contributed by atoms with Gasteiger partial charge in [-0.15, -0.1) is 23.2 Å². The number of carbonyl (C=O) groups excluding carboxylic acids is 4. The molecule has 5 rings (SSSR count). The number of halogens is 3. The van der Waals surface area contributed by atoms with Crippen LogP contribution in [0.2, 0.25) is 0 Å². The van der Waals surface area contributed by atoms with Crippen LogP contribution in [0.5, 0.6) is 11.5 Å². The summed E-state index contributed by atoms with van der Waals surface area (Å²) in [7, 11) is 1.39. The van der Waals surface area contributed by atoms with E-state index in [9.17, 15) is 24.3 Å². The van der Waals surface area contributed by atoms with E-state index in [-0.39, 0.29) is 41.3 Å². The summed E-state index contributed by atoms with van der Waals surface area (Å²) in [5, 5.41) is 13.4. The van der Waals surface area contributed by atoms with E-state index in [2.05, 4.69) is 21.2 Å². The molecule has 0 aromatic heterocycles. The quantitative estimate of drug-likeness (QED) is 0.255. The highest BCUT2D eigenvalue weighted by molar-refractivity contribution is 9.09. The Balaban J connectivity index is 1.78. The SMILES string of the molecule is COc1cccc([C@H]2C3=CC[C@@H]4C(=O)NC(=O)[C@@H]4[C@@H]3C[C@@]3(Cl)C(=O)N(CBr)C(=O)[C@@]23Cl)c1O. The van der Waals surface area contributed by atoms with Crippen molar-refractivity contribution < 1.29 is 29.0 Å². The lowest BCUT2D eigenvalue weighted by atomic mass is 9.56. The third kappa shape index (κ3) is 2.70. The Morgan fingerprint density at radius 2 is 1.91 bits per heavy atom. The monoisotopic (exact) mass is 556 g/mol. The second kappa shape index (κ2) is 7.45. The molecule has 2 aliphatic carbocycles. The maximum Gasteiger partial charge on any atom is 0.254 e. The second-order valence-corrected chi connectivity index (χ2v) is 10.5. The molecule has 1 aromatic rings. The number of methoxy groups -OCH3 is 1. The Morgan fingerprint density at radius 1 is 1.18 bits per heavy atom. The molecule has 2 N–H and O–H groups in total. The molecule has 0 unspecified atom stereocenters. The van der Waals surface area contributed by atoms with Gasteiger partial charge in [-0.25, -0.2) is 0 Å². The van der Waals surface area contributed by atoms with Gasteiger partial charge in [0.15, 0.2) is 21.2 Å². The van der Waals surface area contributed by atoms with Crippen molar-refractivity contribution in [1.29, 1.82) is 0 Å². The van der Waals surface area contributed by atoms with E-state index in [4.69, 9.17) is 27.9 Å². The Morgan fingerprint density at radius 3 is 2.58 bits per heavy atom. The minimum absolute atomic E-state index is 0.0962. The van der Waals surface area contributed by atoms with Crippen molar-refractivity contribution in [3.05, 3.63) is 35.4 Å². The number of fused-ring (bicyclic) bond motifs is 4. The minimum Gasteiger partial charge on any atom is -0.504 e. The normalized spacial score (nSPS) is 37.3. The molecule has 33 heavy (non-hydrogen) atoms. The highest BCUT2D eigenvalue weighted by Crippen LogP contribution is 2.66. The summed E-state index contributed by atoms with van der Waals surface area (Å²) in [6.07, 6.45) is 1.96. The van der Waals surface area contributed by atoms with Gasteiger partial charge in [0.1, 0.15) is 0 Å². The van der Waals surface area contributed by atoms with Crippen LogP contribution in [0.15, 0.2) is 29.8 Å². The number of rotatable bonds is 3. The number of nitrogens with one attached hydrogen (secondary N) is 1. The fraction of sp³-hybridized carbons (Fsp3) is 0.455. The van der Waals surface area contributed by atoms with Crippen LogP contribution in [0.25, 0.3) is 0 Å². The third-order valence-electron chi connectivity index (χ3n) is 7.42. The zero-order valence-corrected chi connectivity index (χ0v) is 20.4. The maximum absolute atomic E-state index is 13.6. The van der Waals surface area contributed by atoms with Gasteiger partial charge < -0.3 is 9.84 Å². The molecule has 2 heterocycles. The predicted octanol–water partition coefficient (Wildman–Crippen LogP) is 2.40. The first-order valence-corrected chi connectivity index (χ1v) is 12.2. The molecule has 1 saturated carbocycles. The van der Waals surface area contributed by atoms with Crippen molar-refractivity contribution >= 4 is 62.8 Å². The molecule has 4 amide bonds. The van der Waals surface area contributed by atoms with Gasteiger partial charge >= 0.3 is 0 Å². The lowest BCUT2D eigenvalue weighted by Gasteiger charge is -2.50. The number of hydrogen-bond donors (Lipinski definition) is 2. The largest absolute Gasteiger partial charge is 0.504 e. The summed E-state index contributed by atoms with van der Waals surface area (Å²) in [4.78, 5) is 49.1. The number of aromatic hydroxyl groups is 1. The van der Waals surface area contributed by atoms with E-state index in [1.807, 2.05) is 0 Å². The molecule has 2 saturated heterocycles. The zero-order valence-electron chi connectivity index (χ0n) is 17.3. The number of carbonyl (C=O) groups is 4. The van der Waals surface area contributed by atoms with Crippen LogP contribution in [0.1, 0.15) is 24.3 Å². The number of amides is 4. The summed E-state index contributed by atoms with van der Waals surface area (Å²) < 4.78 is 5.25. The average Bonchev–Trinajstić information content (AvgIpc) is 3.15. The maximum atomic E-state index is 13.6. The smallest absolute Gasteiger partial charge is 0.254 e. The van der Waals surface area contributed by atoms with Crippen molar-refractivity contribution in [1.82, 2.24) is 10.2 Å². The first-order chi connectivity index (χ1) is 15.6. The number of imide groups is 2. The van der Waals surface area contributed by atoms with Crippen LogP contribution < -0.4 is 10.1 Å². The molecule has 3 fully saturated rings. The molecular formula is C22H19BrCl2N2O6. The highest BCUT2D eigenvalue weighted by Gasteiger charge is 2.76. The molecule has 4 aliphatic rings. The van der Waals surface area contributed by atoms with E-state index >= 15 is 0 Å². The Hall–Kier alpha value is -2.10. The van der Waals surface area contributed by atoms with E-state index in [0.717, 1.165) is 4.90 Å². The van der Waals surface area contributed by atoms with Crippen LogP contribution in [-0.4, -0.2) is 55.9 Å². The van der Waals surface area contributed by atoms with Crippen LogP contribution in [0, 0.1) is 17.8 Å². The van der Waals surface area contributed by atoms with E-state index in [1.54, 1.807) is 24.3 Å². The molecule has 2 aliphatic heterocycles. The second-order valence-electron chi connectivity index (χ2n) is 8.74. The summed E-state index contributed by atoms with van der Waals surface area (Å²) in [5.74, 6) is -5.25. The number of benzene rings is 1. The molecule has 0 bridgehead atoms. The molecule has 174 valence electrons. The van der Waals surface area contributed by atoms with Crippen molar-refractivity contribution in [2.45, 2.75) is 28.5 Å². The van der Waals surface area contributed by atoms with Gasteiger partial charge in [-0.1, -0.05) is 39.7 Å². The van der Waals surface area contributed by atoms with Gasteiger partial charge in [-0.05, 0) is 24.8 Å². The number of alkyl halides is 3. The fourth-order valence-corrected chi connectivity index (χ4v) is 7.36. The predicted molar refractivity (Wildman–Crippen MR) is 121 cm³/mol. The lowest BCUT2D eigenvalue weighted by Crippen LogP contribution is -2.60. The Kier molecular flexibility index (Phi) is 5.12. The topological polar surface area (TPSA) is 113 Å². The highest BCUT2D eigenvalue weighted by atomic mass is 79.9. The summed E-state index contributed by atoms with van der Waals surface area (Å²) in [6, 6.07) is 4.78. The van der Waals surface area contributed by atoms with E-state index < -0.39 is 51.1 Å². The molecule has 0 spiro atoms. The van der Waals surface area contributed by atoms with Gasteiger partial charge in [0.2, 0.25) is 11.8 Å². The van der Waals surface area contributed by atoms with Crippen LogP contribution >= 0.6 is 39.1 Å². The number of hydrogen-bond acceptors (Lipinski definition) is 6. The van der Waals surface area contributed by atoms with E-state index in [0.29, 0.717) is 5.57 Å². The first kappa shape index (κ1) is 22.7. The van der Waals surface area contributed by atoms with Gasteiger partial charge in [0.25, 0.3) is 11.8 Å². The van der Waals surface area contributed by atoms with Crippen molar-refractivity contribution in [3.63, 3.8) is 0 Å². The summed E-state index contributed by atoms with van der Waals surface area (Å²) in [6.45, 7) is 0. The van der Waals surface area contributed by atoms with Crippen LogP contribution in [0.4, 0.5) is 0 Å². The first-order valence-electron chi connectivity index (χ1n) is 10.3. The van der Waals surface area contributed by atoms with Gasteiger partial charge in [0, 0.05) is 11.5 Å². The number of phenolic OH excluding ortho intramolecular Hbond substituents is 1.